The summed E-state index contributed by atoms with van der Waals surface area (Å²) in [6.45, 7) is 7.52. The summed E-state index contributed by atoms with van der Waals surface area (Å²) in [6, 6.07) is 18.1. The van der Waals surface area contributed by atoms with Gasteiger partial charge >= 0.3 is 6.09 Å². The van der Waals surface area contributed by atoms with E-state index in [-0.39, 0.29) is 12.0 Å². The molecule has 2 heterocycles. The summed E-state index contributed by atoms with van der Waals surface area (Å²) in [5.41, 5.74) is 1.53. The van der Waals surface area contributed by atoms with Gasteiger partial charge in [-0.3, -0.25) is 0 Å². The predicted octanol–water partition coefficient (Wildman–Crippen LogP) is 4.66. The van der Waals surface area contributed by atoms with Gasteiger partial charge in [0, 0.05) is 19.0 Å². The van der Waals surface area contributed by atoms with Gasteiger partial charge in [-0.2, -0.15) is 0 Å². The van der Waals surface area contributed by atoms with E-state index < -0.39 is 5.60 Å². The molecule has 0 saturated carbocycles. The van der Waals surface area contributed by atoms with Gasteiger partial charge in [-0.15, -0.1) is 5.10 Å². The number of rotatable bonds is 4. The third kappa shape index (κ3) is 4.36. The molecule has 29 heavy (non-hydrogen) atoms. The maximum atomic E-state index is 12.3. The lowest BCUT2D eigenvalue weighted by atomic mass is 10.1. The molecule has 1 saturated heterocycles. The smallest absolute Gasteiger partial charge is 0.410 e. The summed E-state index contributed by atoms with van der Waals surface area (Å²) >= 11 is 0. The number of ether oxygens (including phenoxy) is 2. The van der Waals surface area contributed by atoms with Crippen LogP contribution in [0.5, 0.6) is 5.88 Å². The molecule has 152 valence electrons. The van der Waals surface area contributed by atoms with E-state index >= 15 is 0 Å². The molecule has 0 spiro atoms. The second-order valence-corrected chi connectivity index (χ2v) is 8.46. The average molecular weight is 393 g/mol. The number of carbonyl (C=O) groups excluding carboxylic acids is 1. The highest BCUT2D eigenvalue weighted by atomic mass is 16.6. The van der Waals surface area contributed by atoms with Crippen molar-refractivity contribution in [2.75, 3.05) is 19.7 Å². The molecule has 6 heteroatoms. The van der Waals surface area contributed by atoms with Crippen LogP contribution in [0.4, 0.5) is 4.79 Å². The largest absolute Gasteiger partial charge is 0.476 e. The van der Waals surface area contributed by atoms with Crippen LogP contribution in [-0.4, -0.2) is 46.1 Å². The Bertz CT molecular complexity index is 992. The normalized spacial score (nSPS) is 16.9. The van der Waals surface area contributed by atoms with Crippen LogP contribution >= 0.6 is 0 Å². The van der Waals surface area contributed by atoms with Gasteiger partial charge in [0.05, 0.1) is 23.2 Å². The lowest BCUT2D eigenvalue weighted by molar-refractivity contribution is 0.0284. The van der Waals surface area contributed by atoms with Crippen molar-refractivity contribution in [3.63, 3.8) is 0 Å². The molecule has 2 aromatic carbocycles. The fraction of sp³-hybridized carbons (Fsp3) is 0.391. The molecular formula is C23H27N3O3. The molecule has 1 aliphatic rings. The molecule has 6 nitrogen and oxygen atoms in total. The number of aromatic nitrogens is 2. The third-order valence-electron chi connectivity index (χ3n) is 4.95. The van der Waals surface area contributed by atoms with Gasteiger partial charge in [0.15, 0.2) is 0 Å². The van der Waals surface area contributed by atoms with Crippen molar-refractivity contribution >= 4 is 17.0 Å². The first-order chi connectivity index (χ1) is 13.9. The predicted molar refractivity (Wildman–Crippen MR) is 112 cm³/mol. The number of fused-ring (bicyclic) bond motifs is 1. The number of benzene rings is 2. The van der Waals surface area contributed by atoms with E-state index in [4.69, 9.17) is 14.6 Å². The monoisotopic (exact) mass is 393 g/mol. The lowest BCUT2D eigenvalue weighted by Crippen LogP contribution is -2.35. The fourth-order valence-electron chi connectivity index (χ4n) is 3.57. The number of hydrogen-bond acceptors (Lipinski definition) is 4. The number of para-hydroxylation sites is 2. The highest BCUT2D eigenvalue weighted by molar-refractivity contribution is 5.85. The van der Waals surface area contributed by atoms with Crippen LogP contribution in [0.3, 0.4) is 0 Å². The number of hydrogen-bond donors (Lipinski definition) is 0. The Kier molecular flexibility index (Phi) is 5.18. The van der Waals surface area contributed by atoms with Crippen molar-refractivity contribution in [2.45, 2.75) is 32.8 Å². The van der Waals surface area contributed by atoms with E-state index in [1.807, 2.05) is 80.1 Å². The first kappa shape index (κ1) is 19.3. The highest BCUT2D eigenvalue weighted by Crippen LogP contribution is 2.28. The van der Waals surface area contributed by atoms with Crippen LogP contribution in [0.25, 0.3) is 16.6 Å². The van der Waals surface area contributed by atoms with Gasteiger partial charge in [-0.25, -0.2) is 9.48 Å². The minimum absolute atomic E-state index is 0.251. The van der Waals surface area contributed by atoms with E-state index in [0.717, 1.165) is 23.0 Å². The van der Waals surface area contributed by atoms with Gasteiger partial charge in [0.2, 0.25) is 5.88 Å². The molecule has 0 N–H and O–H groups in total. The van der Waals surface area contributed by atoms with Gasteiger partial charge < -0.3 is 14.4 Å². The molecule has 1 fully saturated rings. The van der Waals surface area contributed by atoms with Crippen LogP contribution in [0.1, 0.15) is 27.2 Å². The fourth-order valence-corrected chi connectivity index (χ4v) is 3.57. The number of nitrogens with zero attached hydrogens (tertiary/aromatic N) is 3. The SMILES string of the molecule is CC(C)(C)OC(=O)N1CC[C@@H](COc2nn(-c3ccccc3)c3ccccc23)C1. The molecule has 4 rings (SSSR count). The molecule has 0 aliphatic carbocycles. The van der Waals surface area contributed by atoms with Gasteiger partial charge in [-0.05, 0) is 51.5 Å². The number of amides is 1. The molecule has 1 amide bonds. The van der Waals surface area contributed by atoms with Crippen LogP contribution in [0, 0.1) is 5.92 Å². The van der Waals surface area contributed by atoms with Crippen molar-refractivity contribution in [2.24, 2.45) is 5.92 Å². The Morgan fingerprint density at radius 2 is 1.83 bits per heavy atom. The summed E-state index contributed by atoms with van der Waals surface area (Å²) in [4.78, 5) is 14.0. The Labute approximate surface area is 171 Å². The molecule has 1 aliphatic heterocycles. The topological polar surface area (TPSA) is 56.6 Å². The molecular weight excluding hydrogens is 366 g/mol. The van der Waals surface area contributed by atoms with Crippen molar-refractivity contribution in [3.05, 3.63) is 54.6 Å². The first-order valence-electron chi connectivity index (χ1n) is 10.0. The standard InChI is InChI=1S/C23H27N3O3/c1-23(2,3)29-22(27)25-14-13-17(15-25)16-28-21-19-11-7-8-12-20(19)26(24-21)18-9-5-4-6-10-18/h4-12,17H,13-16H2,1-3H3/t17-/m1/s1. The Morgan fingerprint density at radius 1 is 1.10 bits per heavy atom. The van der Waals surface area contributed by atoms with E-state index in [1.54, 1.807) is 4.90 Å². The molecule has 1 aromatic heterocycles. The van der Waals surface area contributed by atoms with E-state index in [2.05, 4.69) is 0 Å². The number of likely N-dealkylation sites (tertiary alicyclic amines) is 1. The first-order valence-corrected chi connectivity index (χ1v) is 10.0. The summed E-state index contributed by atoms with van der Waals surface area (Å²) in [5, 5.41) is 5.70. The second-order valence-electron chi connectivity index (χ2n) is 8.46. The summed E-state index contributed by atoms with van der Waals surface area (Å²) in [7, 11) is 0. The molecule has 0 unspecified atom stereocenters. The van der Waals surface area contributed by atoms with E-state index in [9.17, 15) is 4.79 Å². The second kappa shape index (κ2) is 7.78. The van der Waals surface area contributed by atoms with Gasteiger partial charge in [-0.1, -0.05) is 30.3 Å². The maximum Gasteiger partial charge on any atom is 0.410 e. The molecule has 0 bridgehead atoms. The Morgan fingerprint density at radius 3 is 2.59 bits per heavy atom. The zero-order valence-electron chi connectivity index (χ0n) is 17.2. The maximum absolute atomic E-state index is 12.3. The van der Waals surface area contributed by atoms with Gasteiger partial charge in [0.1, 0.15) is 5.60 Å². The average Bonchev–Trinajstić information content (AvgIpc) is 3.31. The summed E-state index contributed by atoms with van der Waals surface area (Å²) in [5.74, 6) is 0.892. The van der Waals surface area contributed by atoms with Crippen molar-refractivity contribution in [3.8, 4) is 11.6 Å². The zero-order chi connectivity index (χ0) is 20.4. The van der Waals surface area contributed by atoms with Crippen molar-refractivity contribution < 1.29 is 14.3 Å². The minimum Gasteiger partial charge on any atom is -0.476 e. The lowest BCUT2D eigenvalue weighted by Gasteiger charge is -2.24. The van der Waals surface area contributed by atoms with Crippen LogP contribution in [0.2, 0.25) is 0 Å². The van der Waals surface area contributed by atoms with E-state index in [0.29, 0.717) is 25.6 Å². The summed E-state index contributed by atoms with van der Waals surface area (Å²) in [6.07, 6.45) is 0.648. The van der Waals surface area contributed by atoms with Crippen molar-refractivity contribution in [1.82, 2.24) is 14.7 Å². The van der Waals surface area contributed by atoms with Crippen LogP contribution in [0.15, 0.2) is 54.6 Å². The third-order valence-corrected chi connectivity index (χ3v) is 4.95. The number of carbonyl (C=O) groups is 1. The van der Waals surface area contributed by atoms with Crippen LogP contribution in [-0.2, 0) is 4.74 Å². The molecule has 0 radical (unpaired) electrons. The van der Waals surface area contributed by atoms with Gasteiger partial charge in [0.25, 0.3) is 0 Å². The highest BCUT2D eigenvalue weighted by Gasteiger charge is 2.30. The summed E-state index contributed by atoms with van der Waals surface area (Å²) < 4.78 is 13.5. The quantitative estimate of drug-likeness (QED) is 0.647. The Hall–Kier alpha value is -3.02. The zero-order valence-corrected chi connectivity index (χ0v) is 17.2. The Balaban J connectivity index is 1.45. The molecule has 3 aromatic rings. The van der Waals surface area contributed by atoms with Crippen LogP contribution < -0.4 is 4.74 Å². The van der Waals surface area contributed by atoms with Crippen molar-refractivity contribution in [1.29, 1.82) is 0 Å². The van der Waals surface area contributed by atoms with E-state index in [1.165, 1.54) is 0 Å². The molecule has 1 atom stereocenters. The minimum atomic E-state index is -0.477.